The summed E-state index contributed by atoms with van der Waals surface area (Å²) in [5, 5.41) is 2.33. The summed E-state index contributed by atoms with van der Waals surface area (Å²) in [4.78, 5) is 20.4. The highest BCUT2D eigenvalue weighted by Crippen LogP contribution is 2.42. The van der Waals surface area contributed by atoms with Crippen LogP contribution in [0.4, 0.5) is 0 Å². The summed E-state index contributed by atoms with van der Waals surface area (Å²) in [6.45, 7) is 0. The molecule has 0 atom stereocenters. The quantitative estimate of drug-likeness (QED) is 0.181. The van der Waals surface area contributed by atoms with E-state index in [1.165, 1.54) is 14.8 Å². The number of rotatable bonds is 6. The molecule has 49 heavy (non-hydrogen) atoms. The van der Waals surface area contributed by atoms with Crippen molar-refractivity contribution in [2.75, 3.05) is 0 Å². The fraction of sp³-hybridized carbons (Fsp3) is 0. The smallest absolute Gasteiger partial charge is 0.160 e. The molecular weight excluding hydrogens is 617 g/mol. The van der Waals surface area contributed by atoms with Crippen LogP contribution in [0.15, 0.2) is 170 Å². The number of thiophene rings is 1. The van der Waals surface area contributed by atoms with Crippen LogP contribution in [0.5, 0.6) is 0 Å². The lowest BCUT2D eigenvalue weighted by Gasteiger charge is -2.11. The summed E-state index contributed by atoms with van der Waals surface area (Å²) >= 11 is 1.79. The van der Waals surface area contributed by atoms with Crippen molar-refractivity contribution in [2.45, 2.75) is 0 Å². The molecule has 0 fully saturated rings. The van der Waals surface area contributed by atoms with Gasteiger partial charge in [0.05, 0.1) is 22.8 Å². The van der Waals surface area contributed by atoms with E-state index in [2.05, 4.69) is 97.1 Å². The zero-order valence-electron chi connectivity index (χ0n) is 26.4. The van der Waals surface area contributed by atoms with Gasteiger partial charge < -0.3 is 0 Å². The van der Waals surface area contributed by atoms with Gasteiger partial charge in [-0.05, 0) is 36.4 Å². The Kier molecular flexibility index (Phi) is 7.30. The number of aromatic nitrogens is 4. The maximum atomic E-state index is 5.18. The summed E-state index contributed by atoms with van der Waals surface area (Å²) in [6, 6.07) is 58.4. The standard InChI is InChI=1S/C44H28N4S/c1-5-14-29(15-6-1)36-27-37(30-16-7-2-8-17-30)47-44(46-36)33-24-25-40-35(26-33)42-34(22-13-23-41(42)49-40)39-28-38(31-18-9-3-10-19-31)45-43(48-39)32-20-11-4-12-21-32/h1-28H. The average molecular weight is 645 g/mol. The minimum atomic E-state index is 0.693. The first kappa shape index (κ1) is 28.9. The molecule has 9 aromatic rings. The van der Waals surface area contributed by atoms with Crippen molar-refractivity contribution in [1.29, 1.82) is 0 Å². The van der Waals surface area contributed by atoms with Gasteiger partial charge >= 0.3 is 0 Å². The van der Waals surface area contributed by atoms with E-state index in [1.54, 1.807) is 11.3 Å². The van der Waals surface area contributed by atoms with Gasteiger partial charge in [-0.3, -0.25) is 0 Å². The van der Waals surface area contributed by atoms with Gasteiger partial charge in [0, 0.05) is 53.6 Å². The fourth-order valence-corrected chi connectivity index (χ4v) is 7.44. The van der Waals surface area contributed by atoms with Crippen LogP contribution in [0.1, 0.15) is 0 Å². The molecule has 4 nitrogen and oxygen atoms in total. The Labute approximate surface area is 288 Å². The largest absolute Gasteiger partial charge is 0.228 e. The van der Waals surface area contributed by atoms with Crippen molar-refractivity contribution in [3.63, 3.8) is 0 Å². The third-order valence-electron chi connectivity index (χ3n) is 8.72. The molecule has 0 N–H and O–H groups in total. The van der Waals surface area contributed by atoms with Gasteiger partial charge in [-0.25, -0.2) is 19.9 Å². The highest BCUT2D eigenvalue weighted by molar-refractivity contribution is 7.26. The Balaban J connectivity index is 1.25. The summed E-state index contributed by atoms with van der Waals surface area (Å²) in [5.74, 6) is 1.40. The number of hydrogen-bond acceptors (Lipinski definition) is 5. The molecule has 0 amide bonds. The van der Waals surface area contributed by atoms with Crippen molar-refractivity contribution in [3.8, 4) is 67.8 Å². The summed E-state index contributed by atoms with van der Waals surface area (Å²) in [7, 11) is 0. The second-order valence-electron chi connectivity index (χ2n) is 11.9. The predicted molar refractivity (Wildman–Crippen MR) is 203 cm³/mol. The Morgan fingerprint density at radius 2 is 0.796 bits per heavy atom. The second-order valence-corrected chi connectivity index (χ2v) is 13.0. The molecule has 0 saturated heterocycles. The van der Waals surface area contributed by atoms with Crippen LogP contribution in [0.25, 0.3) is 88.0 Å². The van der Waals surface area contributed by atoms with E-state index in [4.69, 9.17) is 19.9 Å². The Morgan fingerprint density at radius 1 is 0.327 bits per heavy atom. The highest BCUT2D eigenvalue weighted by atomic mass is 32.1. The molecule has 0 unspecified atom stereocenters. The minimum Gasteiger partial charge on any atom is -0.228 e. The number of fused-ring (bicyclic) bond motifs is 3. The molecule has 0 spiro atoms. The molecule has 9 rings (SSSR count). The summed E-state index contributed by atoms with van der Waals surface area (Å²) < 4.78 is 2.41. The Bertz CT molecular complexity index is 2470. The van der Waals surface area contributed by atoms with E-state index in [0.717, 1.165) is 61.5 Å². The molecule has 230 valence electrons. The molecule has 0 bridgehead atoms. The molecule has 3 aromatic heterocycles. The van der Waals surface area contributed by atoms with E-state index in [9.17, 15) is 0 Å². The van der Waals surface area contributed by atoms with Gasteiger partial charge in [0.15, 0.2) is 11.6 Å². The minimum absolute atomic E-state index is 0.693. The lowest BCUT2D eigenvalue weighted by Crippen LogP contribution is -1.96. The SMILES string of the molecule is c1ccc(-c2cc(-c3ccccc3)nc(-c3ccc4sc5cccc(-c6cc(-c7ccccc7)nc(-c7ccccc7)n6)c5c4c3)n2)cc1. The van der Waals surface area contributed by atoms with Gasteiger partial charge in [0.25, 0.3) is 0 Å². The van der Waals surface area contributed by atoms with Crippen LogP contribution in [0.3, 0.4) is 0 Å². The lowest BCUT2D eigenvalue weighted by molar-refractivity contribution is 1.18. The van der Waals surface area contributed by atoms with E-state index in [-0.39, 0.29) is 0 Å². The molecule has 0 saturated carbocycles. The number of benzene rings is 6. The maximum absolute atomic E-state index is 5.18. The molecule has 5 heteroatoms. The number of nitrogens with zero attached hydrogens (tertiary/aromatic N) is 4. The van der Waals surface area contributed by atoms with Crippen LogP contribution < -0.4 is 0 Å². The summed E-state index contributed by atoms with van der Waals surface area (Å²) in [6.07, 6.45) is 0. The van der Waals surface area contributed by atoms with Gasteiger partial charge in [-0.2, -0.15) is 0 Å². The van der Waals surface area contributed by atoms with E-state index < -0.39 is 0 Å². The molecular formula is C44H28N4S. The van der Waals surface area contributed by atoms with E-state index >= 15 is 0 Å². The van der Waals surface area contributed by atoms with Gasteiger partial charge in [0.1, 0.15) is 0 Å². The third-order valence-corrected chi connectivity index (χ3v) is 9.86. The molecule has 0 aliphatic rings. The monoisotopic (exact) mass is 644 g/mol. The second kappa shape index (κ2) is 12.4. The number of hydrogen-bond donors (Lipinski definition) is 0. The van der Waals surface area contributed by atoms with Crippen LogP contribution >= 0.6 is 11.3 Å². The Hall–Kier alpha value is -6.30. The zero-order valence-corrected chi connectivity index (χ0v) is 27.2. The van der Waals surface area contributed by atoms with Crippen molar-refractivity contribution in [1.82, 2.24) is 19.9 Å². The first-order chi connectivity index (χ1) is 24.3. The van der Waals surface area contributed by atoms with Crippen LogP contribution in [0.2, 0.25) is 0 Å². The van der Waals surface area contributed by atoms with Crippen molar-refractivity contribution < 1.29 is 0 Å². The maximum Gasteiger partial charge on any atom is 0.160 e. The van der Waals surface area contributed by atoms with Gasteiger partial charge in [0.2, 0.25) is 0 Å². The van der Waals surface area contributed by atoms with Crippen molar-refractivity contribution in [3.05, 3.63) is 170 Å². The van der Waals surface area contributed by atoms with Gasteiger partial charge in [-0.1, -0.05) is 133 Å². The van der Waals surface area contributed by atoms with Gasteiger partial charge in [-0.15, -0.1) is 11.3 Å². The first-order valence-electron chi connectivity index (χ1n) is 16.2. The normalized spacial score (nSPS) is 11.3. The Morgan fingerprint density at radius 3 is 1.35 bits per heavy atom. The predicted octanol–water partition coefficient (Wildman–Crippen LogP) is 11.6. The first-order valence-corrected chi connectivity index (χ1v) is 17.0. The fourth-order valence-electron chi connectivity index (χ4n) is 6.33. The van der Waals surface area contributed by atoms with Crippen LogP contribution in [-0.4, -0.2) is 19.9 Å². The van der Waals surface area contributed by atoms with Crippen LogP contribution in [-0.2, 0) is 0 Å². The van der Waals surface area contributed by atoms with E-state index in [1.807, 2.05) is 72.8 Å². The molecule has 0 aliphatic heterocycles. The molecule has 0 radical (unpaired) electrons. The lowest BCUT2D eigenvalue weighted by atomic mass is 10.00. The summed E-state index contributed by atoms with van der Waals surface area (Å²) in [5.41, 5.74) is 9.74. The topological polar surface area (TPSA) is 51.6 Å². The van der Waals surface area contributed by atoms with Crippen molar-refractivity contribution >= 4 is 31.5 Å². The third kappa shape index (κ3) is 5.56. The van der Waals surface area contributed by atoms with Crippen LogP contribution in [0, 0.1) is 0 Å². The zero-order chi connectivity index (χ0) is 32.6. The van der Waals surface area contributed by atoms with Crippen molar-refractivity contribution in [2.24, 2.45) is 0 Å². The highest BCUT2D eigenvalue weighted by Gasteiger charge is 2.17. The molecule has 0 aliphatic carbocycles. The molecule has 6 aromatic carbocycles. The average Bonchev–Trinajstić information content (AvgIpc) is 3.57. The molecule has 3 heterocycles. The van der Waals surface area contributed by atoms with E-state index in [0.29, 0.717) is 11.6 Å².